The first kappa shape index (κ1) is 11.8. The molecule has 15 heavy (non-hydrogen) atoms. The van der Waals surface area contributed by atoms with Crippen molar-refractivity contribution in [1.82, 2.24) is 9.55 Å². The van der Waals surface area contributed by atoms with Gasteiger partial charge in [0.25, 0.3) is 0 Å². The molecule has 82 valence electrons. The zero-order valence-electron chi connectivity index (χ0n) is 10.2. The Morgan fingerprint density at radius 3 is 2.73 bits per heavy atom. The SMILES string of the molecule is C=c1c(=C=C(C)[C@H](C)CC)ncn1CC. The van der Waals surface area contributed by atoms with Crippen LogP contribution >= 0.6 is 0 Å². The van der Waals surface area contributed by atoms with E-state index in [0.717, 1.165) is 23.7 Å². The van der Waals surface area contributed by atoms with E-state index in [0.29, 0.717) is 5.92 Å². The van der Waals surface area contributed by atoms with Gasteiger partial charge >= 0.3 is 0 Å². The molecule has 1 heterocycles. The summed E-state index contributed by atoms with van der Waals surface area (Å²) in [5, 5.41) is 1.84. The molecule has 0 aromatic carbocycles. The van der Waals surface area contributed by atoms with E-state index in [1.165, 1.54) is 5.57 Å². The number of imidazole rings is 1. The van der Waals surface area contributed by atoms with Gasteiger partial charge in [-0.15, -0.1) is 0 Å². The number of hydrogen-bond acceptors (Lipinski definition) is 1. The molecule has 0 saturated carbocycles. The fourth-order valence-electron chi connectivity index (χ4n) is 1.40. The van der Waals surface area contributed by atoms with Gasteiger partial charge in [-0.1, -0.05) is 26.2 Å². The van der Waals surface area contributed by atoms with Crippen LogP contribution in [0.2, 0.25) is 0 Å². The highest BCUT2D eigenvalue weighted by atomic mass is 15.0. The van der Waals surface area contributed by atoms with Gasteiger partial charge in [0.1, 0.15) is 5.35 Å². The van der Waals surface area contributed by atoms with E-state index in [-0.39, 0.29) is 0 Å². The number of allylic oxidation sites excluding steroid dienone is 1. The summed E-state index contributed by atoms with van der Waals surface area (Å²) in [4.78, 5) is 4.31. The molecular weight excluding hydrogens is 184 g/mol. The average molecular weight is 204 g/mol. The molecule has 1 rings (SSSR count). The van der Waals surface area contributed by atoms with Crippen LogP contribution in [0.3, 0.4) is 0 Å². The molecule has 0 saturated heterocycles. The summed E-state index contributed by atoms with van der Waals surface area (Å²) in [5.74, 6) is 0.566. The molecule has 0 spiro atoms. The second-order valence-corrected chi connectivity index (χ2v) is 3.94. The molecule has 2 nitrogen and oxygen atoms in total. The van der Waals surface area contributed by atoms with Crippen molar-refractivity contribution in [3.8, 4) is 0 Å². The lowest BCUT2D eigenvalue weighted by molar-refractivity contribution is 0.660. The van der Waals surface area contributed by atoms with Crippen LogP contribution in [0.4, 0.5) is 0 Å². The molecule has 1 aromatic heterocycles. The van der Waals surface area contributed by atoms with E-state index in [1.54, 1.807) is 0 Å². The number of aryl methyl sites for hydroxylation is 1. The van der Waals surface area contributed by atoms with Crippen molar-refractivity contribution in [1.29, 1.82) is 0 Å². The summed E-state index contributed by atoms with van der Waals surface area (Å²) >= 11 is 0. The Bertz CT molecular complexity index is 461. The predicted molar refractivity (Wildman–Crippen MR) is 64.7 cm³/mol. The number of hydrogen-bond donors (Lipinski definition) is 0. The number of nitrogens with zero attached hydrogens (tertiary/aromatic N) is 2. The average Bonchev–Trinajstić information content (AvgIpc) is 2.58. The summed E-state index contributed by atoms with van der Waals surface area (Å²) in [7, 11) is 0. The highest BCUT2D eigenvalue weighted by molar-refractivity contribution is 5.26. The van der Waals surface area contributed by atoms with Crippen LogP contribution in [0.5, 0.6) is 0 Å². The molecule has 2 heteroatoms. The van der Waals surface area contributed by atoms with Crippen LogP contribution < -0.4 is 10.7 Å². The molecule has 0 N–H and O–H groups in total. The summed E-state index contributed by atoms with van der Waals surface area (Å²) < 4.78 is 2.03. The number of aromatic nitrogens is 2. The van der Waals surface area contributed by atoms with Gasteiger partial charge in [-0.05, 0) is 31.8 Å². The Labute approximate surface area is 91.7 Å². The normalized spacial score (nSPS) is 12.3. The summed E-state index contributed by atoms with van der Waals surface area (Å²) in [6, 6.07) is 0. The summed E-state index contributed by atoms with van der Waals surface area (Å²) in [5.41, 5.74) is 4.59. The van der Waals surface area contributed by atoms with Gasteiger partial charge in [-0.25, -0.2) is 4.98 Å². The topological polar surface area (TPSA) is 17.8 Å². The Morgan fingerprint density at radius 2 is 2.27 bits per heavy atom. The third-order valence-electron chi connectivity index (χ3n) is 2.95. The van der Waals surface area contributed by atoms with Crippen LogP contribution in [0.15, 0.2) is 11.9 Å². The van der Waals surface area contributed by atoms with Crippen LogP contribution in [-0.4, -0.2) is 9.55 Å². The van der Waals surface area contributed by atoms with Crippen molar-refractivity contribution in [3.05, 3.63) is 22.6 Å². The van der Waals surface area contributed by atoms with Gasteiger partial charge in [0, 0.05) is 6.54 Å². The lowest BCUT2D eigenvalue weighted by Crippen LogP contribution is -2.27. The Balaban J connectivity index is 3.32. The van der Waals surface area contributed by atoms with Crippen molar-refractivity contribution in [3.63, 3.8) is 0 Å². The van der Waals surface area contributed by atoms with E-state index < -0.39 is 0 Å². The first-order valence-corrected chi connectivity index (χ1v) is 5.57. The minimum absolute atomic E-state index is 0.566. The molecule has 0 aliphatic rings. The maximum atomic E-state index is 4.31. The zero-order valence-corrected chi connectivity index (χ0v) is 10.2. The summed E-state index contributed by atoms with van der Waals surface area (Å²) in [6.45, 7) is 13.5. The Hall–Kier alpha value is -1.27. The van der Waals surface area contributed by atoms with Crippen molar-refractivity contribution in [2.75, 3.05) is 0 Å². The second kappa shape index (κ2) is 4.99. The van der Waals surface area contributed by atoms with Gasteiger partial charge in [0.2, 0.25) is 0 Å². The quantitative estimate of drug-likeness (QED) is 0.732. The van der Waals surface area contributed by atoms with Gasteiger partial charge in [0.15, 0.2) is 0 Å². The lowest BCUT2D eigenvalue weighted by Gasteiger charge is -2.04. The molecule has 0 amide bonds. The minimum Gasteiger partial charge on any atom is -0.331 e. The van der Waals surface area contributed by atoms with Gasteiger partial charge in [-0.2, -0.15) is 0 Å². The molecule has 0 bridgehead atoms. The predicted octanol–water partition coefficient (Wildman–Crippen LogP) is 1.69. The molecule has 0 aliphatic carbocycles. The second-order valence-electron chi connectivity index (χ2n) is 3.94. The fourth-order valence-corrected chi connectivity index (χ4v) is 1.40. The van der Waals surface area contributed by atoms with E-state index in [4.69, 9.17) is 0 Å². The van der Waals surface area contributed by atoms with Crippen LogP contribution in [-0.2, 0) is 6.54 Å². The van der Waals surface area contributed by atoms with E-state index in [9.17, 15) is 0 Å². The first-order valence-electron chi connectivity index (χ1n) is 5.57. The zero-order chi connectivity index (χ0) is 11.4. The Kier molecular flexibility index (Phi) is 3.93. The monoisotopic (exact) mass is 204 g/mol. The van der Waals surface area contributed by atoms with Crippen molar-refractivity contribution >= 4 is 12.3 Å². The molecule has 0 aliphatic heterocycles. The van der Waals surface area contributed by atoms with Crippen LogP contribution in [0.25, 0.3) is 12.3 Å². The van der Waals surface area contributed by atoms with Crippen LogP contribution in [0.1, 0.15) is 34.1 Å². The van der Waals surface area contributed by atoms with E-state index >= 15 is 0 Å². The minimum atomic E-state index is 0.566. The maximum Gasteiger partial charge on any atom is 0.130 e. The number of rotatable bonds is 3. The summed E-state index contributed by atoms with van der Waals surface area (Å²) in [6.07, 6.45) is 2.97. The molecule has 0 fully saturated rings. The fraction of sp³-hybridized carbons (Fsp3) is 0.538. The van der Waals surface area contributed by atoms with E-state index in [1.807, 2.05) is 10.9 Å². The largest absolute Gasteiger partial charge is 0.331 e. The highest BCUT2D eigenvalue weighted by Gasteiger charge is 1.99. The third-order valence-corrected chi connectivity index (χ3v) is 2.95. The van der Waals surface area contributed by atoms with Gasteiger partial charge in [-0.3, -0.25) is 0 Å². The van der Waals surface area contributed by atoms with Crippen molar-refractivity contribution in [2.45, 2.75) is 40.7 Å². The maximum absolute atomic E-state index is 4.31. The van der Waals surface area contributed by atoms with Crippen molar-refractivity contribution < 1.29 is 0 Å². The van der Waals surface area contributed by atoms with Gasteiger partial charge < -0.3 is 4.57 Å². The Morgan fingerprint density at radius 1 is 1.60 bits per heavy atom. The molecular formula is C13H20N2. The highest BCUT2D eigenvalue weighted by Crippen LogP contribution is 2.10. The van der Waals surface area contributed by atoms with E-state index in [2.05, 4.69) is 45.0 Å². The molecule has 1 atom stereocenters. The van der Waals surface area contributed by atoms with Gasteiger partial charge in [0.05, 0.1) is 11.7 Å². The standard InChI is InChI=1S/C13H20N2/c1-6-10(3)11(4)8-13-12(5)15(7-2)9-14-13/h9-10H,5-7H2,1-4H3/t8?,10-/m1/s1. The lowest BCUT2D eigenvalue weighted by atomic mass is 10.0. The van der Waals surface area contributed by atoms with Crippen molar-refractivity contribution in [2.24, 2.45) is 5.92 Å². The molecule has 0 radical (unpaired) electrons. The molecule has 0 unspecified atom stereocenters. The third kappa shape index (κ3) is 2.60. The smallest absolute Gasteiger partial charge is 0.130 e. The van der Waals surface area contributed by atoms with Crippen LogP contribution in [0, 0.1) is 5.92 Å². The first-order chi connectivity index (χ1) is 7.10. The molecule has 1 aromatic rings.